The van der Waals surface area contributed by atoms with Crippen LogP contribution in [0.4, 0.5) is 35.1 Å². The molecule has 0 N–H and O–H groups in total. The largest absolute Gasteiger partial charge is 0.469 e. The highest BCUT2D eigenvalue weighted by Gasteiger charge is 2.59. The monoisotopic (exact) mass is 231 g/mol. The maximum atomic E-state index is 12.3. The molecule has 0 rings (SSSR count). The zero-order valence-electron chi connectivity index (χ0n) is 6.63. The van der Waals surface area contributed by atoms with E-state index in [0.29, 0.717) is 0 Å². The Labute approximate surface area is 73.3 Å². The minimum Gasteiger partial charge on any atom is -0.243 e. The van der Waals surface area contributed by atoms with Crippen molar-refractivity contribution in [2.75, 3.05) is 0 Å². The molecule has 0 spiro atoms. The zero-order valence-corrected chi connectivity index (χ0v) is 6.63. The molecule has 9 heteroatoms. The van der Waals surface area contributed by atoms with Crippen molar-refractivity contribution in [2.24, 2.45) is 0 Å². The summed E-state index contributed by atoms with van der Waals surface area (Å²) in [5, 5.41) is 0. The van der Waals surface area contributed by atoms with Crippen molar-refractivity contribution in [3.05, 3.63) is 0 Å². The van der Waals surface area contributed by atoms with E-state index in [9.17, 15) is 35.1 Å². The third-order valence-corrected chi connectivity index (χ3v) is 1.17. The molecule has 0 aromatic heterocycles. The van der Waals surface area contributed by atoms with E-state index >= 15 is 0 Å². The van der Waals surface area contributed by atoms with Gasteiger partial charge >= 0.3 is 12.6 Å². The predicted molar refractivity (Wildman–Crippen MR) is 29.4 cm³/mol. The molecule has 0 saturated carbocycles. The maximum Gasteiger partial charge on any atom is 0.469 e. The van der Waals surface area contributed by atoms with Gasteiger partial charge in [-0.3, -0.25) is 0 Å². The minimum atomic E-state index is -6.00. The quantitative estimate of drug-likeness (QED) is 0.521. The third kappa shape index (κ3) is 3.28. The Kier molecular flexibility index (Phi) is 3.71. The highest BCUT2D eigenvalue weighted by Crippen LogP contribution is 2.37. The van der Waals surface area contributed by atoms with Crippen molar-refractivity contribution >= 4 is 0 Å². The van der Waals surface area contributed by atoms with Crippen LogP contribution >= 0.6 is 0 Å². The topological polar surface area (TPSA) is 3.24 Å². The van der Waals surface area contributed by atoms with Gasteiger partial charge in [-0.05, 0) is 6.92 Å². The summed E-state index contributed by atoms with van der Waals surface area (Å²) in [5.41, 5.74) is 0. The highest BCUT2D eigenvalue weighted by atomic mass is 19.4. The van der Waals surface area contributed by atoms with Crippen LogP contribution < -0.4 is 0 Å². The average Bonchev–Trinajstić information content (AvgIpc) is 1.79. The first-order chi connectivity index (χ1) is 5.98. The Morgan fingerprint density at radius 2 is 1.14 bits per heavy atom. The second kappa shape index (κ2) is 3.87. The summed E-state index contributed by atoms with van der Waals surface area (Å²) in [6.45, 7) is 0.259. The van der Waals surface area contributed by atoms with Gasteiger partial charge in [0, 0.05) is 0 Å². The van der Waals surface area contributed by atoms with Gasteiger partial charge in [0.05, 0.1) is 0 Å². The van der Waals surface area contributed by atoms with Crippen LogP contribution in [0, 0.1) is 0 Å². The van der Waals surface area contributed by atoms with Crippen LogP contribution in [0.15, 0.2) is 0 Å². The highest BCUT2D eigenvalue weighted by molar-refractivity contribution is 4.71. The number of halogens is 8. The molecule has 0 aliphatic carbocycles. The molecule has 2 unspecified atom stereocenters. The van der Waals surface area contributed by atoms with Gasteiger partial charge in [0.2, 0.25) is 0 Å². The van der Waals surface area contributed by atoms with Gasteiger partial charge in [0.25, 0.3) is 0 Å². The van der Waals surface area contributed by atoms with E-state index in [0.717, 1.165) is 0 Å². The summed E-state index contributed by atoms with van der Waals surface area (Å²) in [4.78, 5) is -2.43. The van der Waals surface area contributed by atoms with Gasteiger partial charge < -0.3 is 0 Å². The molecule has 1 nitrogen and oxygen atoms in total. The predicted octanol–water partition coefficient (Wildman–Crippen LogP) is 2.98. The van der Waals surface area contributed by atoms with Crippen LogP contribution in [0.5, 0.6) is 0 Å². The number of hydrogen-bond acceptors (Lipinski definition) is 1. The molecular weight excluding hydrogens is 226 g/mol. The van der Waals surface area contributed by atoms with Gasteiger partial charge in [-0.2, -0.15) is 26.3 Å². The molecule has 0 saturated heterocycles. The van der Waals surface area contributed by atoms with Crippen LogP contribution in [0.2, 0.25) is 0 Å². The first-order valence-corrected chi connectivity index (χ1v) is 3.19. The fourth-order valence-electron chi connectivity index (χ4n) is 0.629. The molecule has 0 amide bonds. The first-order valence-electron chi connectivity index (χ1n) is 3.19. The van der Waals surface area contributed by atoms with Gasteiger partial charge in [-0.15, -0.1) is 0 Å². The number of rotatable bonds is 2. The van der Waals surface area contributed by atoms with Crippen LogP contribution in [0.25, 0.3) is 0 Å². The molecule has 14 heavy (non-hydrogen) atoms. The summed E-state index contributed by atoms with van der Waals surface area (Å²) in [5.74, 6) is 0. The molecule has 0 aromatic carbocycles. The van der Waals surface area contributed by atoms with Crippen molar-refractivity contribution < 1.29 is 35.1 Å². The summed E-state index contributed by atoms with van der Waals surface area (Å²) < 4.78 is 94.0. The molecule has 0 aliphatic rings. The molecule has 0 aliphatic heterocycles. The van der Waals surface area contributed by atoms with E-state index in [4.69, 9.17) is 0 Å². The van der Waals surface area contributed by atoms with Gasteiger partial charge in [0.1, 0.15) is 6.17 Å². The number of alkyl halides is 8. The average molecular weight is 231 g/mol. The van der Waals surface area contributed by atoms with E-state index in [2.05, 4.69) is 0 Å². The van der Waals surface area contributed by atoms with Crippen LogP contribution in [-0.2, 0) is 0 Å². The Morgan fingerprint density at radius 3 is 1.21 bits per heavy atom. The number of hydrogen-bond donors (Lipinski definition) is 0. The van der Waals surface area contributed by atoms with E-state index in [1.807, 2.05) is 0 Å². The van der Waals surface area contributed by atoms with E-state index in [1.165, 1.54) is 0 Å². The lowest BCUT2D eigenvalue weighted by Crippen LogP contribution is -2.54. The smallest absolute Gasteiger partial charge is 0.243 e. The van der Waals surface area contributed by atoms with Crippen molar-refractivity contribution in [2.45, 2.75) is 32.0 Å². The fraction of sp³-hybridized carbons (Fsp3) is 1.00. The van der Waals surface area contributed by atoms with Crippen LogP contribution in [0.1, 0.15) is 6.92 Å². The second-order valence-electron chi connectivity index (χ2n) is 2.36. The van der Waals surface area contributed by atoms with Gasteiger partial charge in [0.15, 0.2) is 6.30 Å². The SMILES string of the molecule is CC(F)C(F)N(C(F)(F)F)C(F)(F)F. The van der Waals surface area contributed by atoms with E-state index in [1.54, 1.807) is 0 Å². The molecule has 0 fully saturated rings. The summed E-state index contributed by atoms with van der Waals surface area (Å²) >= 11 is 0. The van der Waals surface area contributed by atoms with Crippen LogP contribution in [-0.4, -0.2) is 30.0 Å². The molecule has 0 bridgehead atoms. The third-order valence-electron chi connectivity index (χ3n) is 1.17. The molecule has 86 valence electrons. The van der Waals surface area contributed by atoms with Crippen molar-refractivity contribution in [1.82, 2.24) is 4.90 Å². The molecule has 0 aromatic rings. The summed E-state index contributed by atoms with van der Waals surface area (Å²) in [6.07, 6.45) is -18.7. The van der Waals surface area contributed by atoms with E-state index < -0.39 is 30.0 Å². The number of nitrogens with zero attached hydrogens (tertiary/aromatic N) is 1. The lowest BCUT2D eigenvalue weighted by Gasteiger charge is -2.29. The molecule has 0 radical (unpaired) electrons. The zero-order chi connectivity index (χ0) is 11.7. The lowest BCUT2D eigenvalue weighted by molar-refractivity contribution is -0.400. The Morgan fingerprint density at radius 1 is 0.857 bits per heavy atom. The van der Waals surface area contributed by atoms with Gasteiger partial charge in [-0.1, -0.05) is 4.90 Å². The Balaban J connectivity index is 4.94. The standard InChI is InChI=1S/C5H5F8N/c1-2(6)3(7)14(4(8,9)10)5(11,12)13/h2-3H,1H3. The summed E-state index contributed by atoms with van der Waals surface area (Å²) in [7, 11) is 0. The fourth-order valence-corrected chi connectivity index (χ4v) is 0.629. The summed E-state index contributed by atoms with van der Waals surface area (Å²) in [6, 6.07) is 0. The van der Waals surface area contributed by atoms with Crippen LogP contribution in [0.3, 0.4) is 0 Å². The maximum absolute atomic E-state index is 12.3. The molecular formula is C5H5F8N. The Bertz CT molecular complexity index is 167. The Hall–Kier alpha value is -0.600. The van der Waals surface area contributed by atoms with Crippen molar-refractivity contribution in [1.29, 1.82) is 0 Å². The van der Waals surface area contributed by atoms with Crippen molar-refractivity contribution in [3.63, 3.8) is 0 Å². The normalized spacial score (nSPS) is 18.4. The lowest BCUT2D eigenvalue weighted by atomic mass is 10.4. The van der Waals surface area contributed by atoms with E-state index in [-0.39, 0.29) is 6.92 Å². The second-order valence-corrected chi connectivity index (χ2v) is 2.36. The van der Waals surface area contributed by atoms with Gasteiger partial charge in [-0.25, -0.2) is 8.78 Å². The molecule has 2 atom stereocenters. The first kappa shape index (κ1) is 13.4. The van der Waals surface area contributed by atoms with Crippen molar-refractivity contribution in [3.8, 4) is 0 Å². The minimum absolute atomic E-state index is 0.259. The molecule has 0 heterocycles.